The first-order valence-electron chi connectivity index (χ1n) is 7.60. The van der Waals surface area contributed by atoms with Crippen LogP contribution < -0.4 is 5.32 Å². The van der Waals surface area contributed by atoms with Gasteiger partial charge in [0.15, 0.2) is 0 Å². The zero-order valence-electron chi connectivity index (χ0n) is 12.8. The van der Waals surface area contributed by atoms with Crippen LogP contribution in [0.1, 0.15) is 47.2 Å². The normalized spacial score (nSPS) is 12.6. The summed E-state index contributed by atoms with van der Waals surface area (Å²) in [4.78, 5) is 2.85. The zero-order chi connectivity index (χ0) is 14.4. The Labute approximate surface area is 127 Å². The van der Waals surface area contributed by atoms with Crippen LogP contribution in [-0.4, -0.2) is 6.54 Å². The molecule has 0 saturated heterocycles. The van der Waals surface area contributed by atoms with Crippen LogP contribution in [0.15, 0.2) is 36.4 Å². The standard InChI is InChI=1S/C18H25NS/c1-4-12-19-17(18-11-6-14(3)20-18)13-16-9-7-15(5-2)8-10-16/h6-11,17,19H,4-5,12-13H2,1-3H3. The van der Waals surface area contributed by atoms with Crippen LogP contribution in [0.25, 0.3) is 0 Å². The summed E-state index contributed by atoms with van der Waals surface area (Å²) in [5, 5.41) is 3.69. The van der Waals surface area contributed by atoms with Gasteiger partial charge in [-0.05, 0) is 56.0 Å². The molecule has 2 rings (SSSR count). The molecule has 0 amide bonds. The molecule has 0 aliphatic heterocycles. The summed E-state index contributed by atoms with van der Waals surface area (Å²) >= 11 is 1.91. The average molecular weight is 287 g/mol. The Morgan fingerprint density at radius 1 is 1.00 bits per heavy atom. The van der Waals surface area contributed by atoms with E-state index in [0.29, 0.717) is 6.04 Å². The van der Waals surface area contributed by atoms with Crippen molar-refractivity contribution >= 4 is 11.3 Å². The lowest BCUT2D eigenvalue weighted by Gasteiger charge is -2.17. The summed E-state index contributed by atoms with van der Waals surface area (Å²) in [6, 6.07) is 14.0. The van der Waals surface area contributed by atoms with Crippen molar-refractivity contribution in [2.24, 2.45) is 0 Å². The van der Waals surface area contributed by atoms with Crippen LogP contribution in [0.3, 0.4) is 0 Å². The van der Waals surface area contributed by atoms with Gasteiger partial charge in [-0.25, -0.2) is 0 Å². The predicted molar refractivity (Wildman–Crippen MR) is 89.6 cm³/mol. The fraction of sp³-hybridized carbons (Fsp3) is 0.444. The molecule has 1 atom stereocenters. The Balaban J connectivity index is 2.10. The summed E-state index contributed by atoms with van der Waals surface area (Å²) in [6.07, 6.45) is 3.36. The molecule has 0 radical (unpaired) electrons. The summed E-state index contributed by atoms with van der Waals surface area (Å²) in [7, 11) is 0. The van der Waals surface area contributed by atoms with Gasteiger partial charge in [-0.1, -0.05) is 38.1 Å². The van der Waals surface area contributed by atoms with Gasteiger partial charge in [0, 0.05) is 15.8 Å². The fourth-order valence-corrected chi connectivity index (χ4v) is 3.33. The van der Waals surface area contributed by atoms with E-state index in [-0.39, 0.29) is 0 Å². The topological polar surface area (TPSA) is 12.0 Å². The Bertz CT molecular complexity index is 512. The van der Waals surface area contributed by atoms with Crippen LogP contribution in [0.4, 0.5) is 0 Å². The SMILES string of the molecule is CCCNC(Cc1ccc(CC)cc1)c1ccc(C)s1. The molecule has 1 nitrogen and oxygen atoms in total. The molecule has 108 valence electrons. The zero-order valence-corrected chi connectivity index (χ0v) is 13.6. The molecule has 20 heavy (non-hydrogen) atoms. The maximum atomic E-state index is 3.69. The first-order chi connectivity index (χ1) is 9.72. The number of aryl methyl sites for hydroxylation is 2. The smallest absolute Gasteiger partial charge is 0.0455 e. The van der Waals surface area contributed by atoms with Gasteiger partial charge in [-0.3, -0.25) is 0 Å². The Morgan fingerprint density at radius 3 is 2.25 bits per heavy atom. The van der Waals surface area contributed by atoms with Crippen molar-refractivity contribution in [2.45, 2.75) is 46.1 Å². The number of benzene rings is 1. The molecular formula is C18H25NS. The molecular weight excluding hydrogens is 262 g/mol. The maximum Gasteiger partial charge on any atom is 0.0455 e. The molecule has 1 heterocycles. The van der Waals surface area contributed by atoms with Gasteiger partial charge < -0.3 is 5.32 Å². The third kappa shape index (κ3) is 4.19. The van der Waals surface area contributed by atoms with Gasteiger partial charge in [-0.15, -0.1) is 11.3 Å². The van der Waals surface area contributed by atoms with E-state index in [1.807, 2.05) is 11.3 Å². The number of hydrogen-bond acceptors (Lipinski definition) is 2. The van der Waals surface area contributed by atoms with Gasteiger partial charge in [-0.2, -0.15) is 0 Å². The van der Waals surface area contributed by atoms with Crippen LogP contribution in [-0.2, 0) is 12.8 Å². The van der Waals surface area contributed by atoms with Crippen molar-refractivity contribution < 1.29 is 0 Å². The van der Waals surface area contributed by atoms with Crippen molar-refractivity contribution in [1.82, 2.24) is 5.32 Å². The lowest BCUT2D eigenvalue weighted by molar-refractivity contribution is 0.536. The Hall–Kier alpha value is -1.12. The van der Waals surface area contributed by atoms with E-state index >= 15 is 0 Å². The highest BCUT2D eigenvalue weighted by Crippen LogP contribution is 2.26. The average Bonchev–Trinajstić information content (AvgIpc) is 2.90. The summed E-state index contributed by atoms with van der Waals surface area (Å²) < 4.78 is 0. The number of nitrogens with one attached hydrogen (secondary N) is 1. The first kappa shape index (κ1) is 15.3. The first-order valence-corrected chi connectivity index (χ1v) is 8.42. The summed E-state index contributed by atoms with van der Waals surface area (Å²) in [5.41, 5.74) is 2.83. The minimum Gasteiger partial charge on any atom is -0.309 e. The van der Waals surface area contributed by atoms with E-state index in [4.69, 9.17) is 0 Å². The highest BCUT2D eigenvalue weighted by atomic mass is 32.1. The van der Waals surface area contributed by atoms with E-state index in [2.05, 4.69) is 62.5 Å². The number of rotatable bonds is 7. The van der Waals surface area contributed by atoms with Crippen molar-refractivity contribution in [2.75, 3.05) is 6.54 Å². The van der Waals surface area contributed by atoms with Gasteiger partial charge >= 0.3 is 0 Å². The fourth-order valence-electron chi connectivity index (χ4n) is 2.38. The molecule has 1 aromatic carbocycles. The van der Waals surface area contributed by atoms with Gasteiger partial charge in [0.25, 0.3) is 0 Å². The summed E-state index contributed by atoms with van der Waals surface area (Å²) in [5.74, 6) is 0. The van der Waals surface area contributed by atoms with Crippen LogP contribution in [0.5, 0.6) is 0 Å². The molecule has 1 aromatic heterocycles. The van der Waals surface area contributed by atoms with Crippen molar-refractivity contribution in [3.63, 3.8) is 0 Å². The molecule has 2 aromatic rings. The monoisotopic (exact) mass is 287 g/mol. The second-order valence-electron chi connectivity index (χ2n) is 5.33. The quantitative estimate of drug-likeness (QED) is 0.763. The van der Waals surface area contributed by atoms with Crippen molar-refractivity contribution in [3.8, 4) is 0 Å². The minimum absolute atomic E-state index is 0.445. The summed E-state index contributed by atoms with van der Waals surface area (Å²) in [6.45, 7) is 7.69. The molecule has 1 unspecified atom stereocenters. The second kappa shape index (κ2) is 7.61. The van der Waals surface area contributed by atoms with Crippen LogP contribution in [0, 0.1) is 6.92 Å². The lowest BCUT2D eigenvalue weighted by atomic mass is 10.0. The van der Waals surface area contributed by atoms with E-state index < -0.39 is 0 Å². The minimum atomic E-state index is 0.445. The third-order valence-electron chi connectivity index (χ3n) is 3.62. The molecule has 0 aliphatic rings. The Kier molecular flexibility index (Phi) is 5.81. The van der Waals surface area contributed by atoms with E-state index in [1.165, 1.54) is 27.3 Å². The molecule has 1 N–H and O–H groups in total. The third-order valence-corrected chi connectivity index (χ3v) is 4.73. The predicted octanol–water partition coefficient (Wildman–Crippen LogP) is 4.90. The van der Waals surface area contributed by atoms with Crippen LogP contribution in [0.2, 0.25) is 0 Å². The molecule has 0 spiro atoms. The molecule has 0 bridgehead atoms. The highest BCUT2D eigenvalue weighted by molar-refractivity contribution is 7.12. The lowest BCUT2D eigenvalue weighted by Crippen LogP contribution is -2.23. The van der Waals surface area contributed by atoms with E-state index in [9.17, 15) is 0 Å². The van der Waals surface area contributed by atoms with Gasteiger partial charge in [0.2, 0.25) is 0 Å². The van der Waals surface area contributed by atoms with Crippen molar-refractivity contribution in [1.29, 1.82) is 0 Å². The highest BCUT2D eigenvalue weighted by Gasteiger charge is 2.13. The van der Waals surface area contributed by atoms with Gasteiger partial charge in [0.1, 0.15) is 0 Å². The van der Waals surface area contributed by atoms with Gasteiger partial charge in [0.05, 0.1) is 0 Å². The largest absolute Gasteiger partial charge is 0.309 e. The molecule has 0 fully saturated rings. The van der Waals surface area contributed by atoms with E-state index in [0.717, 1.165) is 19.4 Å². The van der Waals surface area contributed by atoms with E-state index in [1.54, 1.807) is 0 Å². The molecule has 2 heteroatoms. The molecule has 0 saturated carbocycles. The second-order valence-corrected chi connectivity index (χ2v) is 6.65. The number of hydrogen-bond donors (Lipinski definition) is 1. The number of thiophene rings is 1. The Morgan fingerprint density at radius 2 is 1.70 bits per heavy atom. The van der Waals surface area contributed by atoms with Crippen LogP contribution >= 0.6 is 11.3 Å². The maximum absolute atomic E-state index is 3.69. The molecule has 0 aliphatic carbocycles. The van der Waals surface area contributed by atoms with Crippen molar-refractivity contribution in [3.05, 3.63) is 57.3 Å².